The molecule has 1 saturated heterocycles. The van der Waals surface area contributed by atoms with Crippen LogP contribution in [0, 0.1) is 5.92 Å². The predicted octanol–water partition coefficient (Wildman–Crippen LogP) is 2.46. The fourth-order valence-corrected chi connectivity index (χ4v) is 2.95. The number of aromatic nitrogens is 1. The van der Waals surface area contributed by atoms with Crippen LogP contribution >= 0.6 is 11.3 Å². The lowest BCUT2D eigenvalue weighted by molar-refractivity contribution is -0.125. The Balaban J connectivity index is 1.63. The van der Waals surface area contributed by atoms with Crippen LogP contribution in [0.2, 0.25) is 0 Å². The van der Waals surface area contributed by atoms with Crippen LogP contribution in [0.25, 0.3) is 10.4 Å². The Morgan fingerprint density at radius 1 is 1.50 bits per heavy atom. The van der Waals surface area contributed by atoms with Crippen LogP contribution in [0.15, 0.2) is 36.0 Å². The van der Waals surface area contributed by atoms with Crippen molar-refractivity contribution in [1.82, 2.24) is 10.3 Å². The third-order valence-corrected chi connectivity index (χ3v) is 4.29. The van der Waals surface area contributed by atoms with Crippen LogP contribution in [-0.2, 0) is 16.1 Å². The van der Waals surface area contributed by atoms with Crippen molar-refractivity contribution in [2.24, 2.45) is 5.92 Å². The zero-order chi connectivity index (χ0) is 13.8. The maximum Gasteiger partial charge on any atom is 0.225 e. The highest BCUT2D eigenvalue weighted by Crippen LogP contribution is 2.24. The molecule has 0 aliphatic carbocycles. The van der Waals surface area contributed by atoms with E-state index in [4.69, 9.17) is 4.74 Å². The molecular weight excluding hydrogens is 272 g/mol. The molecule has 2 aromatic rings. The minimum Gasteiger partial charge on any atom is -0.381 e. The molecule has 0 radical (unpaired) electrons. The Kier molecular flexibility index (Phi) is 4.08. The number of hydrogen-bond donors (Lipinski definition) is 1. The molecule has 5 heteroatoms. The van der Waals surface area contributed by atoms with E-state index in [1.165, 1.54) is 4.88 Å². The van der Waals surface area contributed by atoms with E-state index in [9.17, 15) is 4.79 Å². The first-order valence-electron chi connectivity index (χ1n) is 6.66. The fourth-order valence-electron chi connectivity index (χ4n) is 2.24. The summed E-state index contributed by atoms with van der Waals surface area (Å²) < 4.78 is 5.23. The lowest BCUT2D eigenvalue weighted by Crippen LogP contribution is -2.30. The van der Waals surface area contributed by atoms with E-state index < -0.39 is 0 Å². The second-order valence-electron chi connectivity index (χ2n) is 4.84. The summed E-state index contributed by atoms with van der Waals surface area (Å²) in [5.41, 5.74) is 2.11. The minimum absolute atomic E-state index is 0.00318. The van der Waals surface area contributed by atoms with E-state index in [1.54, 1.807) is 17.5 Å². The molecule has 0 spiro atoms. The average molecular weight is 288 g/mol. The van der Waals surface area contributed by atoms with Gasteiger partial charge in [0.1, 0.15) is 0 Å². The normalized spacial score (nSPS) is 18.1. The summed E-state index contributed by atoms with van der Waals surface area (Å²) in [4.78, 5) is 17.4. The summed E-state index contributed by atoms with van der Waals surface area (Å²) in [5.74, 6) is 0.0764. The number of rotatable bonds is 4. The van der Waals surface area contributed by atoms with Gasteiger partial charge in [0.15, 0.2) is 0 Å². The van der Waals surface area contributed by atoms with Crippen molar-refractivity contribution in [2.75, 3.05) is 13.2 Å². The van der Waals surface area contributed by atoms with Crippen LogP contribution in [0.4, 0.5) is 0 Å². The second-order valence-corrected chi connectivity index (χ2v) is 5.79. The van der Waals surface area contributed by atoms with Gasteiger partial charge in [0, 0.05) is 36.0 Å². The van der Waals surface area contributed by atoms with E-state index in [1.807, 2.05) is 17.6 Å². The van der Waals surface area contributed by atoms with Crippen molar-refractivity contribution >= 4 is 17.2 Å². The minimum atomic E-state index is 0.00318. The van der Waals surface area contributed by atoms with Gasteiger partial charge in [0.05, 0.1) is 12.5 Å². The summed E-state index contributed by atoms with van der Waals surface area (Å²) >= 11 is 1.69. The zero-order valence-electron chi connectivity index (χ0n) is 11.0. The molecule has 0 bridgehead atoms. The first-order valence-corrected chi connectivity index (χ1v) is 7.54. The number of amides is 1. The lowest BCUT2D eigenvalue weighted by Gasteiger charge is -2.09. The smallest absolute Gasteiger partial charge is 0.225 e. The van der Waals surface area contributed by atoms with E-state index in [0.29, 0.717) is 19.8 Å². The average Bonchev–Trinajstić information content (AvgIpc) is 3.17. The van der Waals surface area contributed by atoms with Crippen LogP contribution in [0.3, 0.4) is 0 Å². The number of carbonyl (C=O) groups excluding carboxylic acids is 1. The van der Waals surface area contributed by atoms with Gasteiger partial charge in [0.25, 0.3) is 0 Å². The molecule has 1 atom stereocenters. The maximum atomic E-state index is 11.9. The quantitative estimate of drug-likeness (QED) is 0.940. The van der Waals surface area contributed by atoms with Crippen molar-refractivity contribution in [3.05, 3.63) is 41.5 Å². The molecular formula is C15H16N2O2S. The van der Waals surface area contributed by atoms with E-state index >= 15 is 0 Å². The first kappa shape index (κ1) is 13.3. The van der Waals surface area contributed by atoms with E-state index in [-0.39, 0.29) is 11.8 Å². The van der Waals surface area contributed by atoms with Gasteiger partial charge in [-0.05, 0) is 29.5 Å². The number of thiophene rings is 1. The van der Waals surface area contributed by atoms with Gasteiger partial charge in [-0.2, -0.15) is 0 Å². The molecule has 3 heterocycles. The standard InChI is InChI=1S/C15H16N2O2S/c18-15(12-3-4-19-10-12)17-8-11-6-13(9-16-7-11)14-2-1-5-20-14/h1-2,5-7,9,12H,3-4,8,10H2,(H,17,18)/t12-/m1/s1. The predicted molar refractivity (Wildman–Crippen MR) is 78.3 cm³/mol. The van der Waals surface area contributed by atoms with Gasteiger partial charge in [-0.3, -0.25) is 9.78 Å². The lowest BCUT2D eigenvalue weighted by atomic mass is 10.1. The maximum absolute atomic E-state index is 11.9. The highest BCUT2D eigenvalue weighted by atomic mass is 32.1. The molecule has 104 valence electrons. The second kappa shape index (κ2) is 6.15. The van der Waals surface area contributed by atoms with Crippen molar-refractivity contribution in [2.45, 2.75) is 13.0 Å². The van der Waals surface area contributed by atoms with Crippen LogP contribution in [0.1, 0.15) is 12.0 Å². The molecule has 3 rings (SSSR count). The van der Waals surface area contributed by atoms with Gasteiger partial charge in [0.2, 0.25) is 5.91 Å². The highest BCUT2D eigenvalue weighted by molar-refractivity contribution is 7.13. The summed E-state index contributed by atoms with van der Waals surface area (Å²) in [6.45, 7) is 1.74. The van der Waals surface area contributed by atoms with Gasteiger partial charge in [-0.25, -0.2) is 0 Å². The largest absolute Gasteiger partial charge is 0.381 e. The van der Waals surface area contributed by atoms with Crippen LogP contribution < -0.4 is 5.32 Å². The summed E-state index contributed by atoms with van der Waals surface area (Å²) in [6, 6.07) is 6.17. The van der Waals surface area contributed by atoms with Crippen molar-refractivity contribution in [3.63, 3.8) is 0 Å². The summed E-state index contributed by atoms with van der Waals surface area (Å²) in [7, 11) is 0. The highest BCUT2D eigenvalue weighted by Gasteiger charge is 2.22. The monoisotopic (exact) mass is 288 g/mol. The molecule has 1 amide bonds. The Labute approximate surface area is 121 Å². The molecule has 0 unspecified atom stereocenters. The molecule has 1 aliphatic heterocycles. The number of nitrogens with zero attached hydrogens (tertiary/aromatic N) is 1. The zero-order valence-corrected chi connectivity index (χ0v) is 11.9. The van der Waals surface area contributed by atoms with Gasteiger partial charge < -0.3 is 10.1 Å². The molecule has 1 aliphatic rings. The Morgan fingerprint density at radius 2 is 2.45 bits per heavy atom. The van der Waals surface area contributed by atoms with Crippen LogP contribution in [-0.4, -0.2) is 24.1 Å². The third kappa shape index (κ3) is 3.05. The number of ether oxygens (including phenoxy) is 1. The van der Waals surface area contributed by atoms with Crippen molar-refractivity contribution < 1.29 is 9.53 Å². The summed E-state index contributed by atoms with van der Waals surface area (Å²) in [5, 5.41) is 5.00. The number of nitrogens with one attached hydrogen (secondary N) is 1. The van der Waals surface area contributed by atoms with Gasteiger partial charge in [-0.15, -0.1) is 11.3 Å². The molecule has 20 heavy (non-hydrogen) atoms. The molecule has 1 N–H and O–H groups in total. The Bertz CT molecular complexity index is 577. The molecule has 2 aromatic heterocycles. The van der Waals surface area contributed by atoms with Gasteiger partial charge >= 0.3 is 0 Å². The van der Waals surface area contributed by atoms with Gasteiger partial charge in [-0.1, -0.05) is 6.07 Å². The van der Waals surface area contributed by atoms with Crippen molar-refractivity contribution in [3.8, 4) is 10.4 Å². The van der Waals surface area contributed by atoms with E-state index in [2.05, 4.69) is 22.4 Å². The SMILES string of the molecule is O=C(NCc1cncc(-c2cccs2)c1)[C@@H]1CCOC1. The van der Waals surface area contributed by atoms with Crippen molar-refractivity contribution in [1.29, 1.82) is 0 Å². The van der Waals surface area contributed by atoms with Crippen LogP contribution in [0.5, 0.6) is 0 Å². The molecule has 0 aromatic carbocycles. The number of carbonyl (C=O) groups is 1. The topological polar surface area (TPSA) is 51.2 Å². The summed E-state index contributed by atoms with van der Waals surface area (Å²) in [6.07, 6.45) is 4.46. The first-order chi connectivity index (χ1) is 9.83. The molecule has 4 nitrogen and oxygen atoms in total. The number of pyridine rings is 1. The van der Waals surface area contributed by atoms with E-state index in [0.717, 1.165) is 17.5 Å². The number of hydrogen-bond acceptors (Lipinski definition) is 4. The fraction of sp³-hybridized carbons (Fsp3) is 0.333. The third-order valence-electron chi connectivity index (χ3n) is 3.37. The molecule has 0 saturated carbocycles. The Hall–Kier alpha value is -1.72. The molecule has 1 fully saturated rings. The Morgan fingerprint density at radius 3 is 3.20 bits per heavy atom.